The fourth-order valence-electron chi connectivity index (χ4n) is 2.33. The lowest BCUT2D eigenvalue weighted by molar-refractivity contribution is 0.477. The molecular weight excluding hydrogens is 334 g/mol. The predicted octanol–water partition coefficient (Wildman–Crippen LogP) is 5.38. The Morgan fingerprint density at radius 3 is 2.45 bits per heavy atom. The highest BCUT2D eigenvalue weighted by Crippen LogP contribution is 2.19. The van der Waals surface area contributed by atoms with Gasteiger partial charge in [-0.1, -0.05) is 51.8 Å². The summed E-state index contributed by atoms with van der Waals surface area (Å²) in [5.41, 5.74) is 2.60. The number of nitrogens with one attached hydrogen (secondary N) is 1. The molecule has 1 N–H and O–H groups in total. The fourth-order valence-corrected chi connectivity index (χ4v) is 2.87. The van der Waals surface area contributed by atoms with Gasteiger partial charge in [0.1, 0.15) is 0 Å². The minimum Gasteiger partial charge on any atom is -0.307 e. The van der Waals surface area contributed by atoms with Crippen molar-refractivity contribution < 1.29 is 0 Å². The number of benzene rings is 2. The summed E-state index contributed by atoms with van der Waals surface area (Å²) in [6.45, 7) is 4.41. The Kier molecular flexibility index (Phi) is 5.64. The van der Waals surface area contributed by atoms with Crippen molar-refractivity contribution in [2.24, 2.45) is 0 Å². The van der Waals surface area contributed by atoms with E-state index in [0.717, 1.165) is 15.9 Å². The van der Waals surface area contributed by atoms with Gasteiger partial charge in [-0.3, -0.25) is 0 Å². The van der Waals surface area contributed by atoms with Crippen LogP contribution in [0.2, 0.25) is 5.02 Å². The summed E-state index contributed by atoms with van der Waals surface area (Å²) in [5.74, 6) is 0. The Bertz CT molecular complexity index is 553. The van der Waals surface area contributed by atoms with E-state index in [9.17, 15) is 0 Å². The van der Waals surface area contributed by atoms with Crippen molar-refractivity contribution in [1.82, 2.24) is 5.32 Å². The lowest BCUT2D eigenvalue weighted by atomic mass is 10.0. The molecule has 2 atom stereocenters. The van der Waals surface area contributed by atoms with Crippen LogP contribution in [0.4, 0.5) is 0 Å². The average Bonchev–Trinajstić information content (AvgIpc) is 2.41. The van der Waals surface area contributed by atoms with Gasteiger partial charge in [0.2, 0.25) is 0 Å². The lowest BCUT2D eigenvalue weighted by Gasteiger charge is -2.20. The Morgan fingerprint density at radius 1 is 1.10 bits per heavy atom. The maximum atomic E-state index is 5.91. The van der Waals surface area contributed by atoms with Crippen LogP contribution in [-0.4, -0.2) is 6.04 Å². The van der Waals surface area contributed by atoms with E-state index in [1.54, 1.807) is 0 Å². The molecule has 0 heterocycles. The molecule has 2 aromatic carbocycles. The normalized spacial score (nSPS) is 14.0. The summed E-state index contributed by atoms with van der Waals surface area (Å²) >= 11 is 9.42. The van der Waals surface area contributed by atoms with Gasteiger partial charge in [0.15, 0.2) is 0 Å². The molecule has 2 rings (SSSR count). The molecule has 0 bridgehead atoms. The van der Waals surface area contributed by atoms with Crippen molar-refractivity contribution in [3.63, 3.8) is 0 Å². The summed E-state index contributed by atoms with van der Waals surface area (Å²) in [4.78, 5) is 0. The number of hydrogen-bond donors (Lipinski definition) is 1. The molecule has 0 spiro atoms. The lowest BCUT2D eigenvalue weighted by Crippen LogP contribution is -2.30. The van der Waals surface area contributed by atoms with E-state index in [1.165, 1.54) is 11.1 Å². The third-order valence-electron chi connectivity index (χ3n) is 3.34. The highest BCUT2D eigenvalue weighted by atomic mass is 79.9. The van der Waals surface area contributed by atoms with Crippen LogP contribution in [0.15, 0.2) is 53.0 Å². The fraction of sp³-hybridized carbons (Fsp3) is 0.294. The van der Waals surface area contributed by atoms with Gasteiger partial charge >= 0.3 is 0 Å². The van der Waals surface area contributed by atoms with Crippen molar-refractivity contribution in [2.45, 2.75) is 32.4 Å². The van der Waals surface area contributed by atoms with Crippen LogP contribution in [0.1, 0.15) is 31.0 Å². The second kappa shape index (κ2) is 7.26. The van der Waals surface area contributed by atoms with Crippen molar-refractivity contribution in [2.75, 3.05) is 0 Å². The summed E-state index contributed by atoms with van der Waals surface area (Å²) < 4.78 is 1.12. The minimum atomic E-state index is 0.329. The monoisotopic (exact) mass is 351 g/mol. The molecule has 0 aliphatic rings. The van der Waals surface area contributed by atoms with Crippen molar-refractivity contribution in [3.05, 3.63) is 69.2 Å². The first-order valence-electron chi connectivity index (χ1n) is 6.80. The molecule has 3 heteroatoms. The first-order chi connectivity index (χ1) is 9.54. The van der Waals surface area contributed by atoms with Gasteiger partial charge in [0, 0.05) is 21.6 Å². The van der Waals surface area contributed by atoms with Gasteiger partial charge in [0.25, 0.3) is 0 Å². The largest absolute Gasteiger partial charge is 0.307 e. The van der Waals surface area contributed by atoms with E-state index in [2.05, 4.69) is 65.4 Å². The van der Waals surface area contributed by atoms with Crippen molar-refractivity contribution >= 4 is 27.5 Å². The van der Waals surface area contributed by atoms with E-state index in [1.807, 2.05) is 18.2 Å². The summed E-state index contributed by atoms with van der Waals surface area (Å²) in [6.07, 6.45) is 0.996. The molecule has 0 amide bonds. The predicted molar refractivity (Wildman–Crippen MR) is 90.3 cm³/mol. The Balaban J connectivity index is 1.93. The van der Waals surface area contributed by atoms with Crippen LogP contribution in [0.25, 0.3) is 0 Å². The van der Waals surface area contributed by atoms with Crippen LogP contribution in [0.5, 0.6) is 0 Å². The summed E-state index contributed by atoms with van der Waals surface area (Å²) in [7, 11) is 0. The first-order valence-corrected chi connectivity index (χ1v) is 7.97. The van der Waals surface area contributed by atoms with Crippen LogP contribution in [0.3, 0.4) is 0 Å². The van der Waals surface area contributed by atoms with Gasteiger partial charge in [0.05, 0.1) is 0 Å². The third-order valence-corrected chi connectivity index (χ3v) is 4.08. The smallest absolute Gasteiger partial charge is 0.0406 e. The molecule has 0 fully saturated rings. The molecule has 0 aromatic heterocycles. The van der Waals surface area contributed by atoms with E-state index in [-0.39, 0.29) is 0 Å². The molecule has 0 saturated carbocycles. The SMILES string of the molecule is CC(Cc1ccc(Cl)cc1)NC(C)c1cccc(Br)c1. The zero-order chi connectivity index (χ0) is 14.5. The average molecular weight is 353 g/mol. The van der Waals surface area contributed by atoms with Gasteiger partial charge < -0.3 is 5.32 Å². The van der Waals surface area contributed by atoms with Crippen LogP contribution in [0, 0.1) is 0 Å². The molecule has 0 aliphatic heterocycles. The van der Waals surface area contributed by atoms with Gasteiger partial charge in [-0.15, -0.1) is 0 Å². The van der Waals surface area contributed by atoms with E-state index >= 15 is 0 Å². The summed E-state index contributed by atoms with van der Waals surface area (Å²) in [5, 5.41) is 4.42. The molecule has 2 unspecified atom stereocenters. The zero-order valence-corrected chi connectivity index (χ0v) is 14.1. The number of hydrogen-bond acceptors (Lipinski definition) is 1. The van der Waals surface area contributed by atoms with Crippen LogP contribution in [-0.2, 0) is 6.42 Å². The zero-order valence-electron chi connectivity index (χ0n) is 11.7. The molecule has 106 valence electrons. The van der Waals surface area contributed by atoms with Gasteiger partial charge in [-0.05, 0) is 55.7 Å². The Hall–Kier alpha value is -0.830. The maximum Gasteiger partial charge on any atom is 0.0406 e. The standard InChI is InChI=1S/C17H19BrClN/c1-12(10-14-6-8-17(19)9-7-14)20-13(2)15-4-3-5-16(18)11-15/h3-9,11-13,20H,10H2,1-2H3. The molecule has 0 radical (unpaired) electrons. The molecule has 20 heavy (non-hydrogen) atoms. The van der Waals surface area contributed by atoms with E-state index in [0.29, 0.717) is 12.1 Å². The second-order valence-electron chi connectivity index (χ2n) is 5.17. The van der Waals surface area contributed by atoms with Crippen LogP contribution < -0.4 is 5.32 Å². The minimum absolute atomic E-state index is 0.329. The maximum absolute atomic E-state index is 5.91. The Labute approximate surface area is 134 Å². The van der Waals surface area contributed by atoms with Gasteiger partial charge in [-0.25, -0.2) is 0 Å². The molecular formula is C17H19BrClN. The molecule has 0 saturated heterocycles. The summed E-state index contributed by atoms with van der Waals surface area (Å²) in [6, 6.07) is 17.2. The molecule has 2 aromatic rings. The van der Waals surface area contributed by atoms with E-state index in [4.69, 9.17) is 11.6 Å². The molecule has 0 aliphatic carbocycles. The van der Waals surface area contributed by atoms with Crippen molar-refractivity contribution in [3.8, 4) is 0 Å². The van der Waals surface area contributed by atoms with Crippen molar-refractivity contribution in [1.29, 1.82) is 0 Å². The van der Waals surface area contributed by atoms with Crippen LogP contribution >= 0.6 is 27.5 Å². The molecule has 1 nitrogen and oxygen atoms in total. The highest BCUT2D eigenvalue weighted by molar-refractivity contribution is 9.10. The third kappa shape index (κ3) is 4.62. The number of halogens is 2. The topological polar surface area (TPSA) is 12.0 Å². The van der Waals surface area contributed by atoms with Gasteiger partial charge in [-0.2, -0.15) is 0 Å². The van der Waals surface area contributed by atoms with E-state index < -0.39 is 0 Å². The Morgan fingerprint density at radius 2 is 1.80 bits per heavy atom. The number of rotatable bonds is 5. The quantitative estimate of drug-likeness (QED) is 0.761. The first kappa shape index (κ1) is 15.6. The second-order valence-corrected chi connectivity index (χ2v) is 6.53. The highest BCUT2D eigenvalue weighted by Gasteiger charge is 2.10.